The number of nitrogens with two attached hydrogens (primary N) is 1. The Morgan fingerprint density at radius 1 is 1.56 bits per heavy atom. The minimum atomic E-state index is -0.260. The number of anilines is 1. The minimum absolute atomic E-state index is 0.101. The molecule has 7 heteroatoms. The van der Waals surface area contributed by atoms with Gasteiger partial charge in [-0.15, -0.1) is 5.10 Å². The molecule has 2 rings (SSSR count). The van der Waals surface area contributed by atoms with Crippen LogP contribution in [-0.2, 0) is 6.54 Å². The second-order valence-corrected chi connectivity index (χ2v) is 4.51. The molecule has 4 N–H and O–H groups in total. The van der Waals surface area contributed by atoms with E-state index in [-0.39, 0.29) is 18.2 Å². The number of carbonyl (C=O) groups excluding carboxylic acids is 1. The van der Waals surface area contributed by atoms with Gasteiger partial charge in [0.25, 0.3) is 5.91 Å². The van der Waals surface area contributed by atoms with E-state index < -0.39 is 0 Å². The fourth-order valence-corrected chi connectivity index (χ4v) is 2.02. The first-order valence-corrected chi connectivity index (χ1v) is 6.00. The zero-order valence-corrected chi connectivity index (χ0v) is 10.5. The molecule has 0 fully saturated rings. The highest BCUT2D eigenvalue weighted by Crippen LogP contribution is 2.19. The van der Waals surface area contributed by atoms with Gasteiger partial charge in [-0.2, -0.15) is 0 Å². The summed E-state index contributed by atoms with van der Waals surface area (Å²) in [6.45, 7) is 1.92. The van der Waals surface area contributed by atoms with Crippen LogP contribution in [0.15, 0.2) is 18.2 Å². The van der Waals surface area contributed by atoms with Crippen molar-refractivity contribution in [2.75, 3.05) is 5.73 Å². The van der Waals surface area contributed by atoms with Crippen LogP contribution < -0.4 is 11.1 Å². The Morgan fingerprint density at radius 3 is 3.00 bits per heavy atom. The van der Waals surface area contributed by atoms with Crippen LogP contribution in [0.25, 0.3) is 0 Å². The summed E-state index contributed by atoms with van der Waals surface area (Å²) in [5.74, 6) is -0.159. The van der Waals surface area contributed by atoms with Gasteiger partial charge in [0.05, 0.1) is 5.69 Å². The van der Waals surface area contributed by atoms with Gasteiger partial charge >= 0.3 is 0 Å². The third-order valence-corrected chi connectivity index (χ3v) is 3.23. The number of hydrogen-bond donors (Lipinski definition) is 3. The van der Waals surface area contributed by atoms with Crippen molar-refractivity contribution in [3.63, 3.8) is 0 Å². The lowest BCUT2D eigenvalue weighted by molar-refractivity contribution is 0.0954. The van der Waals surface area contributed by atoms with E-state index in [1.807, 2.05) is 0 Å². The first-order valence-electron chi connectivity index (χ1n) is 5.22. The summed E-state index contributed by atoms with van der Waals surface area (Å²) in [6, 6.07) is 4.71. The van der Waals surface area contributed by atoms with E-state index in [1.54, 1.807) is 19.1 Å². The molecule has 0 saturated heterocycles. The summed E-state index contributed by atoms with van der Waals surface area (Å²) < 4.78 is 3.69. The Balaban J connectivity index is 2.06. The predicted octanol–water partition coefficient (Wildman–Crippen LogP) is 1.06. The normalized spacial score (nSPS) is 10.3. The molecule has 1 amide bonds. The molecule has 1 heterocycles. The molecule has 0 atom stereocenters. The van der Waals surface area contributed by atoms with Crippen LogP contribution in [0.1, 0.15) is 20.9 Å². The third-order valence-electron chi connectivity index (χ3n) is 2.40. The second-order valence-electron chi connectivity index (χ2n) is 3.76. The van der Waals surface area contributed by atoms with E-state index >= 15 is 0 Å². The monoisotopic (exact) mass is 264 g/mol. The highest BCUT2D eigenvalue weighted by molar-refractivity contribution is 7.07. The van der Waals surface area contributed by atoms with Crippen molar-refractivity contribution >= 4 is 23.1 Å². The Kier molecular flexibility index (Phi) is 3.42. The van der Waals surface area contributed by atoms with Gasteiger partial charge in [0.2, 0.25) is 0 Å². The molecule has 0 radical (unpaired) electrons. The topological polar surface area (TPSA) is 101 Å². The molecule has 0 aliphatic rings. The molecule has 0 spiro atoms. The van der Waals surface area contributed by atoms with Crippen molar-refractivity contribution in [3.8, 4) is 5.75 Å². The Hall–Kier alpha value is -2.15. The van der Waals surface area contributed by atoms with Crippen molar-refractivity contribution in [2.24, 2.45) is 0 Å². The van der Waals surface area contributed by atoms with Crippen molar-refractivity contribution in [3.05, 3.63) is 34.3 Å². The Morgan fingerprint density at radius 2 is 2.33 bits per heavy atom. The molecular formula is C11H12N4O2S. The summed E-state index contributed by atoms with van der Waals surface area (Å²) in [7, 11) is 0. The number of rotatable bonds is 3. The van der Waals surface area contributed by atoms with Crippen LogP contribution >= 0.6 is 11.5 Å². The van der Waals surface area contributed by atoms with E-state index in [1.165, 1.54) is 6.07 Å². The van der Waals surface area contributed by atoms with Crippen LogP contribution in [0, 0.1) is 6.92 Å². The highest BCUT2D eigenvalue weighted by Gasteiger charge is 2.13. The van der Waals surface area contributed by atoms with E-state index in [2.05, 4.69) is 14.9 Å². The number of hydrogen-bond acceptors (Lipinski definition) is 6. The smallest absolute Gasteiger partial charge is 0.265 e. The number of nitrogens with one attached hydrogen (secondary N) is 1. The average Bonchev–Trinajstić information content (AvgIpc) is 2.76. The summed E-state index contributed by atoms with van der Waals surface area (Å²) >= 11 is 1.04. The van der Waals surface area contributed by atoms with E-state index in [9.17, 15) is 9.90 Å². The number of nitrogen functional groups attached to an aromatic ring is 1. The van der Waals surface area contributed by atoms with Gasteiger partial charge in [0, 0.05) is 17.8 Å². The predicted molar refractivity (Wildman–Crippen MR) is 68.3 cm³/mol. The van der Waals surface area contributed by atoms with Crippen LogP contribution in [0.5, 0.6) is 5.75 Å². The number of aromatic nitrogens is 2. The van der Waals surface area contributed by atoms with Gasteiger partial charge in [0.1, 0.15) is 10.6 Å². The molecule has 18 heavy (non-hydrogen) atoms. The number of benzene rings is 1. The molecule has 0 unspecified atom stereocenters. The van der Waals surface area contributed by atoms with E-state index in [4.69, 9.17) is 5.73 Å². The molecule has 94 valence electrons. The van der Waals surface area contributed by atoms with Gasteiger partial charge < -0.3 is 16.2 Å². The summed E-state index contributed by atoms with van der Waals surface area (Å²) in [6.07, 6.45) is 0. The minimum Gasteiger partial charge on any atom is -0.508 e. The maximum atomic E-state index is 11.8. The lowest BCUT2D eigenvalue weighted by Crippen LogP contribution is -2.22. The van der Waals surface area contributed by atoms with Gasteiger partial charge in [-0.3, -0.25) is 4.79 Å². The largest absolute Gasteiger partial charge is 0.508 e. The Labute approximate surface area is 108 Å². The summed E-state index contributed by atoms with van der Waals surface area (Å²) in [4.78, 5) is 12.3. The molecule has 2 aromatic rings. The number of aromatic hydroxyl groups is 1. The van der Waals surface area contributed by atoms with Gasteiger partial charge in [-0.25, -0.2) is 0 Å². The zero-order valence-electron chi connectivity index (χ0n) is 9.67. The number of carbonyl (C=O) groups is 1. The van der Waals surface area contributed by atoms with Crippen LogP contribution in [0.4, 0.5) is 5.69 Å². The first-order chi connectivity index (χ1) is 8.58. The zero-order chi connectivity index (χ0) is 13.1. The van der Waals surface area contributed by atoms with Gasteiger partial charge in [-0.1, -0.05) is 4.49 Å². The summed E-state index contributed by atoms with van der Waals surface area (Å²) in [5, 5.41) is 16.1. The van der Waals surface area contributed by atoms with E-state index in [0.717, 1.165) is 11.5 Å². The van der Waals surface area contributed by atoms with Crippen molar-refractivity contribution in [1.82, 2.24) is 14.9 Å². The molecule has 0 saturated carbocycles. The highest BCUT2D eigenvalue weighted by atomic mass is 32.1. The van der Waals surface area contributed by atoms with Crippen molar-refractivity contribution < 1.29 is 9.90 Å². The maximum absolute atomic E-state index is 11.8. The lowest BCUT2D eigenvalue weighted by atomic mass is 10.2. The fraction of sp³-hybridized carbons (Fsp3) is 0.182. The maximum Gasteiger partial charge on any atom is 0.265 e. The molecule has 0 aliphatic carbocycles. The molecular weight excluding hydrogens is 252 g/mol. The standard InChI is InChI=1S/C11H12N4O2S/c1-6-10(18-15-14-6)11(17)13-5-7-4-8(12)2-3-9(7)16/h2-4,16H,5,12H2,1H3,(H,13,17). The number of aryl methyl sites for hydroxylation is 1. The average molecular weight is 264 g/mol. The SMILES string of the molecule is Cc1nnsc1C(=O)NCc1cc(N)ccc1O. The van der Waals surface area contributed by atoms with Crippen LogP contribution in [0.3, 0.4) is 0 Å². The van der Waals surface area contributed by atoms with Gasteiger partial charge in [-0.05, 0) is 36.7 Å². The second kappa shape index (κ2) is 5.01. The van der Waals surface area contributed by atoms with Crippen LogP contribution in [-0.4, -0.2) is 20.6 Å². The van der Waals surface area contributed by atoms with Gasteiger partial charge in [0.15, 0.2) is 0 Å². The number of amides is 1. The first kappa shape index (κ1) is 12.3. The third kappa shape index (κ3) is 2.57. The number of nitrogens with zero attached hydrogens (tertiary/aromatic N) is 2. The molecule has 6 nitrogen and oxygen atoms in total. The van der Waals surface area contributed by atoms with E-state index in [0.29, 0.717) is 21.8 Å². The molecule has 0 aliphatic heterocycles. The molecule has 1 aromatic heterocycles. The van der Waals surface area contributed by atoms with Crippen LogP contribution in [0.2, 0.25) is 0 Å². The number of phenols is 1. The quantitative estimate of drug-likeness (QED) is 0.568. The lowest BCUT2D eigenvalue weighted by Gasteiger charge is -2.07. The van der Waals surface area contributed by atoms with Crippen molar-refractivity contribution in [2.45, 2.75) is 13.5 Å². The summed E-state index contributed by atoms with van der Waals surface area (Å²) in [5.41, 5.74) is 7.31. The fourth-order valence-electron chi connectivity index (χ4n) is 1.44. The Bertz CT molecular complexity index is 582. The molecule has 0 bridgehead atoms. The number of phenolic OH excluding ortho intramolecular Hbond substituents is 1. The van der Waals surface area contributed by atoms with Crippen molar-refractivity contribution in [1.29, 1.82) is 0 Å². The molecule has 1 aromatic carbocycles.